The fourth-order valence-electron chi connectivity index (χ4n) is 3.29. The summed E-state index contributed by atoms with van der Waals surface area (Å²) < 4.78 is 20.5. The average molecular weight is 457 g/mol. The lowest BCUT2D eigenvalue weighted by molar-refractivity contribution is -0.117. The molecule has 1 amide bonds. The highest BCUT2D eigenvalue weighted by Gasteiger charge is 2.29. The minimum atomic E-state index is -0.651. The smallest absolute Gasteiger partial charge is 0.256 e. The quantitative estimate of drug-likeness (QED) is 0.314. The van der Waals surface area contributed by atoms with Crippen LogP contribution in [0, 0.1) is 11.7 Å². The van der Waals surface area contributed by atoms with Crippen LogP contribution in [0.4, 0.5) is 15.9 Å². The van der Waals surface area contributed by atoms with Gasteiger partial charge in [0.1, 0.15) is 11.6 Å². The maximum atomic E-state index is 14.9. The van der Waals surface area contributed by atoms with Crippen LogP contribution in [-0.2, 0) is 4.79 Å². The summed E-state index contributed by atoms with van der Waals surface area (Å²) in [6.07, 6.45) is 10.6. The summed E-state index contributed by atoms with van der Waals surface area (Å²) in [4.78, 5) is 24.9. The van der Waals surface area contributed by atoms with E-state index in [1.807, 2.05) is 62.4 Å². The van der Waals surface area contributed by atoms with Crippen LogP contribution in [0.1, 0.15) is 32.3 Å². The van der Waals surface area contributed by atoms with Crippen molar-refractivity contribution in [3.8, 4) is 11.6 Å². The summed E-state index contributed by atoms with van der Waals surface area (Å²) in [5, 5.41) is 2.74. The number of halogens is 1. The molecule has 1 aliphatic rings. The van der Waals surface area contributed by atoms with Gasteiger partial charge in [-0.25, -0.2) is 19.4 Å². The van der Waals surface area contributed by atoms with Crippen LogP contribution in [0.15, 0.2) is 89.7 Å². The lowest BCUT2D eigenvalue weighted by atomic mass is 10.0. The van der Waals surface area contributed by atoms with Gasteiger partial charge in [0.15, 0.2) is 5.82 Å². The standard InChI is InChI=1S/C27H25FN4O2/c1-3-8-18(4-2)25(19-9-6-5-7-10-19)31-21-15-23(28)27(30-17-21)34-22-13-14-29-24(16-22)32-26(33)20-11-12-20/h3-10,13-17,20H,11-12H2,1-2H3,(H,29,32,33). The Labute approximate surface area is 198 Å². The van der Waals surface area contributed by atoms with Gasteiger partial charge in [0.05, 0.1) is 17.6 Å². The number of hydrogen-bond acceptors (Lipinski definition) is 5. The van der Waals surface area contributed by atoms with Gasteiger partial charge in [0.2, 0.25) is 5.91 Å². The number of pyridine rings is 2. The minimum Gasteiger partial charge on any atom is -0.436 e. The predicted octanol–water partition coefficient (Wildman–Crippen LogP) is 6.40. The maximum Gasteiger partial charge on any atom is 0.256 e. The zero-order valence-electron chi connectivity index (χ0n) is 19.0. The highest BCUT2D eigenvalue weighted by Crippen LogP contribution is 2.31. The summed E-state index contributed by atoms with van der Waals surface area (Å²) in [6, 6.07) is 14.1. The van der Waals surface area contributed by atoms with Crippen molar-refractivity contribution in [3.63, 3.8) is 0 Å². The van der Waals surface area contributed by atoms with Crippen LogP contribution in [-0.4, -0.2) is 21.6 Å². The summed E-state index contributed by atoms with van der Waals surface area (Å²) in [5.41, 5.74) is 2.89. The fourth-order valence-corrected chi connectivity index (χ4v) is 3.29. The number of amides is 1. The van der Waals surface area contributed by atoms with Gasteiger partial charge in [-0.1, -0.05) is 48.6 Å². The Kier molecular flexibility index (Phi) is 7.22. The first kappa shape index (κ1) is 23.0. The molecule has 1 saturated carbocycles. The Hall–Kier alpha value is -4.13. The summed E-state index contributed by atoms with van der Waals surface area (Å²) >= 11 is 0. The van der Waals surface area contributed by atoms with Crippen molar-refractivity contribution >= 4 is 23.1 Å². The lowest BCUT2D eigenvalue weighted by Crippen LogP contribution is -2.14. The molecule has 1 fully saturated rings. The molecule has 34 heavy (non-hydrogen) atoms. The van der Waals surface area contributed by atoms with Gasteiger partial charge < -0.3 is 10.1 Å². The third-order valence-corrected chi connectivity index (χ3v) is 5.16. The van der Waals surface area contributed by atoms with E-state index in [1.165, 1.54) is 24.5 Å². The SMILES string of the molecule is CC=CC(=CC)C(=Nc1cnc(Oc2ccnc(NC(=O)C3CC3)c2)c(F)c1)c1ccccc1. The first-order valence-electron chi connectivity index (χ1n) is 11.1. The molecule has 0 saturated heterocycles. The number of ether oxygens (including phenoxy) is 1. The number of anilines is 1. The van der Waals surface area contributed by atoms with Crippen LogP contribution in [0.25, 0.3) is 0 Å². The van der Waals surface area contributed by atoms with E-state index >= 15 is 0 Å². The topological polar surface area (TPSA) is 76.5 Å². The van der Waals surface area contributed by atoms with E-state index in [-0.39, 0.29) is 17.7 Å². The molecule has 7 heteroatoms. The van der Waals surface area contributed by atoms with Crippen LogP contribution in [0.5, 0.6) is 11.6 Å². The highest BCUT2D eigenvalue weighted by molar-refractivity contribution is 6.15. The van der Waals surface area contributed by atoms with Crippen LogP contribution >= 0.6 is 0 Å². The molecule has 0 unspecified atom stereocenters. The Balaban J connectivity index is 1.57. The molecule has 1 N–H and O–H groups in total. The van der Waals surface area contributed by atoms with E-state index in [4.69, 9.17) is 4.74 Å². The van der Waals surface area contributed by atoms with Gasteiger partial charge in [-0.3, -0.25) is 4.79 Å². The summed E-state index contributed by atoms with van der Waals surface area (Å²) in [7, 11) is 0. The molecule has 172 valence electrons. The average Bonchev–Trinajstić information content (AvgIpc) is 3.69. The third kappa shape index (κ3) is 5.81. The van der Waals surface area contributed by atoms with E-state index in [0.29, 0.717) is 23.0 Å². The van der Waals surface area contributed by atoms with Crippen molar-refractivity contribution in [2.45, 2.75) is 26.7 Å². The van der Waals surface area contributed by atoms with Gasteiger partial charge in [-0.05, 0) is 38.3 Å². The number of aromatic nitrogens is 2. The van der Waals surface area contributed by atoms with Crippen molar-refractivity contribution in [1.29, 1.82) is 0 Å². The molecular formula is C27H25FN4O2. The second-order valence-corrected chi connectivity index (χ2v) is 7.79. The molecule has 1 aromatic carbocycles. The minimum absolute atomic E-state index is 0.0512. The molecule has 0 aliphatic heterocycles. The van der Waals surface area contributed by atoms with E-state index in [2.05, 4.69) is 20.3 Å². The summed E-state index contributed by atoms with van der Waals surface area (Å²) in [5.74, 6) is -0.184. The van der Waals surface area contributed by atoms with Crippen molar-refractivity contribution in [2.24, 2.45) is 10.9 Å². The van der Waals surface area contributed by atoms with Crippen LogP contribution < -0.4 is 10.1 Å². The van der Waals surface area contributed by atoms with Crippen LogP contribution in [0.3, 0.4) is 0 Å². The summed E-state index contributed by atoms with van der Waals surface area (Å²) in [6.45, 7) is 3.86. The van der Waals surface area contributed by atoms with Gasteiger partial charge in [0.25, 0.3) is 5.88 Å². The predicted molar refractivity (Wildman–Crippen MR) is 131 cm³/mol. The molecule has 0 radical (unpaired) electrons. The van der Waals surface area contributed by atoms with Crippen molar-refractivity contribution < 1.29 is 13.9 Å². The molecule has 0 bridgehead atoms. The molecule has 0 spiro atoms. The number of rotatable bonds is 8. The van der Waals surface area contributed by atoms with Gasteiger partial charge in [0, 0.05) is 29.8 Å². The Morgan fingerprint density at radius 2 is 1.94 bits per heavy atom. The van der Waals surface area contributed by atoms with Gasteiger partial charge in [-0.2, -0.15) is 0 Å². The van der Waals surface area contributed by atoms with E-state index in [9.17, 15) is 9.18 Å². The van der Waals surface area contributed by atoms with E-state index in [0.717, 1.165) is 24.0 Å². The van der Waals surface area contributed by atoms with E-state index < -0.39 is 5.82 Å². The molecule has 2 aromatic heterocycles. The van der Waals surface area contributed by atoms with Gasteiger partial charge >= 0.3 is 0 Å². The van der Waals surface area contributed by atoms with E-state index in [1.54, 1.807) is 6.07 Å². The van der Waals surface area contributed by atoms with Crippen molar-refractivity contribution in [3.05, 3.63) is 96.1 Å². The molecule has 2 heterocycles. The number of carbonyl (C=O) groups excluding carboxylic acids is 1. The highest BCUT2D eigenvalue weighted by atomic mass is 19.1. The maximum absolute atomic E-state index is 14.9. The first-order valence-corrected chi connectivity index (χ1v) is 11.1. The van der Waals surface area contributed by atoms with Crippen LogP contribution in [0.2, 0.25) is 0 Å². The number of allylic oxidation sites excluding steroid dienone is 4. The molecule has 3 aromatic rings. The lowest BCUT2D eigenvalue weighted by Gasteiger charge is -2.10. The zero-order chi connectivity index (χ0) is 23.9. The molecular weight excluding hydrogens is 431 g/mol. The number of benzene rings is 1. The number of carbonyl (C=O) groups is 1. The third-order valence-electron chi connectivity index (χ3n) is 5.16. The molecule has 1 aliphatic carbocycles. The zero-order valence-corrected chi connectivity index (χ0v) is 19.0. The van der Waals surface area contributed by atoms with Gasteiger partial charge in [-0.15, -0.1) is 0 Å². The largest absolute Gasteiger partial charge is 0.436 e. The second-order valence-electron chi connectivity index (χ2n) is 7.79. The second kappa shape index (κ2) is 10.7. The Morgan fingerprint density at radius 1 is 1.15 bits per heavy atom. The molecule has 0 atom stereocenters. The number of nitrogens with one attached hydrogen (secondary N) is 1. The Morgan fingerprint density at radius 3 is 2.62 bits per heavy atom. The molecule has 4 rings (SSSR count). The van der Waals surface area contributed by atoms with Crippen molar-refractivity contribution in [1.82, 2.24) is 9.97 Å². The Bertz CT molecular complexity index is 1260. The normalized spacial score (nSPS) is 14.3. The number of aliphatic imine (C=N–C) groups is 1. The fraction of sp³-hybridized carbons (Fsp3) is 0.185. The molecule has 6 nitrogen and oxygen atoms in total. The number of hydrogen-bond donors (Lipinski definition) is 1. The monoisotopic (exact) mass is 456 g/mol. The van der Waals surface area contributed by atoms with Crippen molar-refractivity contribution in [2.75, 3.05) is 5.32 Å². The first-order chi connectivity index (χ1) is 16.6. The number of nitrogens with zero attached hydrogens (tertiary/aromatic N) is 3.